The Morgan fingerprint density at radius 1 is 0.513 bits per heavy atom. The van der Waals surface area contributed by atoms with Gasteiger partial charge in [-0.05, 0) is 76.3 Å². The van der Waals surface area contributed by atoms with Crippen LogP contribution in [0, 0.1) is 0 Å². The Bertz CT molecular complexity index is 4760. The Balaban J connectivity index is 0.000000158. The molecule has 42 heteroatoms. The van der Waals surface area contributed by atoms with E-state index in [9.17, 15) is 19.5 Å². The summed E-state index contributed by atoms with van der Waals surface area (Å²) in [5.41, 5.74) is 6.78. The first kappa shape index (κ1) is 91.6. The molecule has 17 heterocycles. The molecule has 11 aromatic heterocycles. The zero-order chi connectivity index (χ0) is 79.6. The number of H-pyrrole nitrogens is 3. The number of alkyl halides is 3. The highest BCUT2D eigenvalue weighted by Crippen LogP contribution is 2.33. The van der Waals surface area contributed by atoms with E-state index in [0.717, 1.165) is 201 Å². The maximum absolute atomic E-state index is 12.5. The number of pyridine rings is 1. The lowest BCUT2D eigenvalue weighted by Crippen LogP contribution is -2.53. The van der Waals surface area contributed by atoms with Crippen molar-refractivity contribution in [2.45, 2.75) is 138 Å². The Morgan fingerprint density at radius 2 is 0.823 bits per heavy atom. The molecule has 17 rings (SSSR count). The number of aromatic nitrogens is 16. The third kappa shape index (κ3) is 25.2. The maximum atomic E-state index is 12.5. The van der Waals surface area contributed by atoms with Gasteiger partial charge in [0, 0.05) is 191 Å². The molecule has 30 nitrogen and oxygen atoms in total. The average molecular weight is 1910 g/mol. The minimum Gasteiger partial charge on any atom is -0.486 e. The molecule has 614 valence electrons. The van der Waals surface area contributed by atoms with Crippen LogP contribution in [0.3, 0.4) is 0 Å². The van der Waals surface area contributed by atoms with Gasteiger partial charge in [0.1, 0.15) is 68.6 Å². The Hall–Kier alpha value is -5.27. The standard InChI is InChI=1S/C20H23N5O3.C13H16ClN3O2.C13H17N3O3.2C12H14ClN3O2.CH4.BBr3.Cl2OS.H4P2/c26-20-18-9-22-19(14-3-6-27-7-4-14)25(18)11-15(23-20)10-24-12-17(13-24)28-16-2-1-5-21-8-16;1-18-13-11-7-15-12(9-2-4-19-5-3-9)17(11)8-10(6-14)16-13;1-18-13-11-6-14-12(9-2-4-19-5-3-9)16(11)7-10(8-17)15-13;2*13-5-9-7-16-10(12(17)15-9)6-14-11(16)8-1-3-18-4-2-8;;2-1(3)4;1-4(2)3;1-2/h1-2,5,8-9,11,14,17H,3-4,6-7,10,12-13H2,(H,23,26);7-9H,2-6H2,1H3;6-7,9,17H,2-5,8H2,1H3;2*6-8H,1-5H2,(H,15,17);1H4;;;1-2H2. The van der Waals surface area contributed by atoms with Gasteiger partial charge in [-0.15, -0.1) is 99.9 Å². The zero-order valence-electron chi connectivity index (χ0n) is 61.4. The molecule has 0 aromatic carbocycles. The number of hydrogen-bond acceptors (Lipinski definition) is 22. The number of aromatic amines is 3. The monoisotopic (exact) mass is 1910 g/mol. The van der Waals surface area contributed by atoms with E-state index in [1.54, 1.807) is 51.4 Å². The smallest absolute Gasteiger partial charge is 0.369 e. The van der Waals surface area contributed by atoms with Crippen LogP contribution >= 0.6 is 121 Å². The molecule has 6 saturated heterocycles. The minimum atomic E-state index is -1.67. The highest BCUT2D eigenvalue weighted by Gasteiger charge is 2.31. The van der Waals surface area contributed by atoms with Gasteiger partial charge in [-0.2, -0.15) is 0 Å². The molecule has 113 heavy (non-hydrogen) atoms. The summed E-state index contributed by atoms with van der Waals surface area (Å²) in [4.78, 5) is 82.0. The lowest BCUT2D eigenvalue weighted by atomic mass is 10.00. The number of hydrogen-bond donors (Lipinski definition) is 4. The van der Waals surface area contributed by atoms with Crippen molar-refractivity contribution in [2.24, 2.45) is 0 Å². The maximum Gasteiger partial charge on any atom is 0.369 e. The van der Waals surface area contributed by atoms with Gasteiger partial charge >= 0.3 is 3.18 Å². The summed E-state index contributed by atoms with van der Waals surface area (Å²) in [5, 5.41) is 9.28. The molecule has 11 aromatic rings. The summed E-state index contributed by atoms with van der Waals surface area (Å²) in [6, 6.07) is 3.78. The van der Waals surface area contributed by atoms with Crippen LogP contribution in [0.2, 0.25) is 0 Å². The SMILES string of the molecule is BrB(Br)Br.C.COc1nc(CCl)cn2c(C3CCOCC3)ncc12.COc1nc(CO)cn2c(C3CCOCC3)ncc12.O=S(Cl)Cl.O=c1[nH]c(CCl)cn2c(C3CCOCC3)ncc12.O=c1[nH]c(CCl)cn2c(C3CCOCC3)ncc12.O=c1[nH]c(CN2CC(Oc3cccnc3)C2)cn2c(C3CCOCC3)ncc12.PP. The molecule has 0 spiro atoms. The summed E-state index contributed by atoms with van der Waals surface area (Å²) in [6.07, 6.45) is 31.3. The van der Waals surface area contributed by atoms with Crippen LogP contribution in [0.25, 0.3) is 27.6 Å². The number of aliphatic hydroxyl groups excluding tert-OH is 1. The van der Waals surface area contributed by atoms with Crippen molar-refractivity contribution in [1.82, 2.24) is 81.7 Å². The molecule has 0 radical (unpaired) electrons. The molecular formula is C71H92BBr3Cl5N17O13P2S. The van der Waals surface area contributed by atoms with Crippen LogP contribution in [0.4, 0.5) is 0 Å². The van der Waals surface area contributed by atoms with Crippen molar-refractivity contribution in [1.29, 1.82) is 0 Å². The van der Waals surface area contributed by atoms with Gasteiger partial charge in [0.2, 0.25) is 21.0 Å². The minimum absolute atomic E-state index is 0. The van der Waals surface area contributed by atoms with Gasteiger partial charge in [0.25, 0.3) is 16.7 Å². The van der Waals surface area contributed by atoms with E-state index in [0.29, 0.717) is 87.4 Å². The molecule has 0 aliphatic carbocycles. The largest absolute Gasteiger partial charge is 0.486 e. The molecule has 4 N–H and O–H groups in total. The quantitative estimate of drug-likeness (QED) is 0.0320. The fourth-order valence-corrected chi connectivity index (χ4v) is 14.2. The van der Waals surface area contributed by atoms with Gasteiger partial charge in [0.15, 0.2) is 0 Å². The average Bonchev–Trinajstić information content (AvgIpc) is 1.65. The fourth-order valence-electron chi connectivity index (χ4n) is 13.8. The second kappa shape index (κ2) is 46.8. The fraction of sp³-hybridized carbons (Fsp3) is 0.507. The van der Waals surface area contributed by atoms with Crippen LogP contribution in [-0.4, -0.2) is 194 Å². The van der Waals surface area contributed by atoms with Crippen molar-refractivity contribution in [3.05, 3.63) is 175 Å². The van der Waals surface area contributed by atoms with Crippen LogP contribution in [0.1, 0.15) is 159 Å². The first-order valence-corrected chi connectivity index (χ1v) is 45.9. The first-order chi connectivity index (χ1) is 54.5. The van der Waals surface area contributed by atoms with Gasteiger partial charge in [-0.25, -0.2) is 39.1 Å². The summed E-state index contributed by atoms with van der Waals surface area (Å²) >= 11 is 26.8. The van der Waals surface area contributed by atoms with Crippen LogP contribution in [0.15, 0.2) is 101 Å². The lowest BCUT2D eigenvalue weighted by Gasteiger charge is -2.38. The van der Waals surface area contributed by atoms with E-state index in [4.69, 9.17) is 76.9 Å². The van der Waals surface area contributed by atoms with E-state index >= 15 is 0 Å². The topological polar surface area (TPSA) is 338 Å². The second-order valence-electron chi connectivity index (χ2n) is 26.2. The number of nitrogens with zero attached hydrogens (tertiary/aromatic N) is 14. The highest BCUT2D eigenvalue weighted by atomic mass is 79.9. The van der Waals surface area contributed by atoms with E-state index in [1.165, 1.54) is 0 Å². The molecule has 0 amide bonds. The third-order valence-electron chi connectivity index (χ3n) is 19.1. The van der Waals surface area contributed by atoms with E-state index in [-0.39, 0.29) is 51.8 Å². The van der Waals surface area contributed by atoms with Crippen molar-refractivity contribution >= 4 is 161 Å². The Morgan fingerprint density at radius 3 is 1.13 bits per heavy atom. The first-order valence-electron chi connectivity index (χ1n) is 36.0. The normalized spacial score (nSPS) is 16.5. The molecule has 6 fully saturated rings. The molecule has 2 unspecified atom stereocenters. The van der Waals surface area contributed by atoms with E-state index in [2.05, 4.69) is 151 Å². The number of methoxy groups -OCH3 is 2. The third-order valence-corrected chi connectivity index (χ3v) is 20.0. The number of halogens is 8. The van der Waals surface area contributed by atoms with Crippen molar-refractivity contribution < 1.29 is 47.2 Å². The predicted octanol–water partition coefficient (Wildman–Crippen LogP) is 12.9. The summed E-state index contributed by atoms with van der Waals surface area (Å²) < 4.78 is 62.5. The summed E-state index contributed by atoms with van der Waals surface area (Å²) in [6.45, 7) is 9.88. The summed E-state index contributed by atoms with van der Waals surface area (Å²) in [5.74, 6) is 9.53. The van der Waals surface area contributed by atoms with Gasteiger partial charge in [-0.1, -0.05) is 7.43 Å². The molecule has 2 atom stereocenters. The lowest BCUT2D eigenvalue weighted by molar-refractivity contribution is 0.0135. The molecule has 0 bridgehead atoms. The number of rotatable bonds is 15. The van der Waals surface area contributed by atoms with Crippen LogP contribution < -0.4 is 30.9 Å². The predicted molar refractivity (Wildman–Crippen MR) is 458 cm³/mol. The molecule has 6 aliphatic heterocycles. The highest BCUT2D eigenvalue weighted by molar-refractivity contribution is 9.69. The molecular weight excluding hydrogens is 1820 g/mol. The van der Waals surface area contributed by atoms with E-state index in [1.807, 2.05) is 66.9 Å². The number of nitrogens with one attached hydrogen (secondary N) is 3. The number of imidazole rings is 5. The number of likely N-dealkylation sites (tertiary alicyclic amines) is 1. The van der Waals surface area contributed by atoms with Crippen LogP contribution in [0.5, 0.6) is 17.5 Å². The van der Waals surface area contributed by atoms with Crippen molar-refractivity contribution in [3.8, 4) is 17.5 Å². The second-order valence-corrected chi connectivity index (χ2v) is 36.0. The molecule has 6 aliphatic rings. The Kier molecular flexibility index (Phi) is 37.9. The van der Waals surface area contributed by atoms with E-state index < -0.39 is 9.23 Å². The number of ether oxygens (including phenoxy) is 8. The number of fused-ring (bicyclic) bond motifs is 5. The van der Waals surface area contributed by atoms with Crippen molar-refractivity contribution in [2.75, 3.05) is 93.4 Å². The number of aliphatic hydroxyl groups is 1. The molecule has 0 saturated carbocycles. The Labute approximate surface area is 708 Å². The van der Waals surface area contributed by atoms with Gasteiger partial charge in [-0.3, -0.25) is 46.3 Å². The zero-order valence-corrected chi connectivity index (χ0v) is 73.1. The van der Waals surface area contributed by atoms with Crippen molar-refractivity contribution in [3.63, 3.8) is 0 Å². The van der Waals surface area contributed by atoms with Crippen LogP contribution in [-0.2, 0) is 63.7 Å². The van der Waals surface area contributed by atoms with Gasteiger partial charge in [0.05, 0.1) is 87.0 Å². The van der Waals surface area contributed by atoms with Gasteiger partial charge < -0.3 is 58.0 Å². The summed E-state index contributed by atoms with van der Waals surface area (Å²) in [7, 11) is 15.2.